The summed E-state index contributed by atoms with van der Waals surface area (Å²) in [6.07, 6.45) is 4.99. The van der Waals surface area contributed by atoms with Crippen molar-refractivity contribution in [3.8, 4) is 0 Å². The molecule has 2 aromatic heterocycles. The molecule has 2 heterocycles. The van der Waals surface area contributed by atoms with E-state index in [0.29, 0.717) is 6.42 Å². The molecule has 0 saturated heterocycles. The highest BCUT2D eigenvalue weighted by molar-refractivity contribution is 7.12. The first-order chi connectivity index (χ1) is 9.41. The van der Waals surface area contributed by atoms with E-state index in [2.05, 4.69) is 43.3 Å². The molecule has 0 aliphatic rings. The number of thiophene rings is 1. The van der Waals surface area contributed by atoms with E-state index in [0.717, 1.165) is 23.7 Å². The highest BCUT2D eigenvalue weighted by Crippen LogP contribution is 2.33. The fraction of sp³-hybridized carbons (Fsp3) is 0.562. The number of aliphatic hydroxyl groups excluding tert-OH is 1. The Balaban J connectivity index is 2.10. The van der Waals surface area contributed by atoms with Crippen LogP contribution in [0.2, 0.25) is 0 Å². The van der Waals surface area contributed by atoms with Gasteiger partial charge in [-0.15, -0.1) is 11.3 Å². The van der Waals surface area contributed by atoms with Crippen LogP contribution in [0.4, 0.5) is 0 Å². The number of imidazole rings is 1. The van der Waals surface area contributed by atoms with Gasteiger partial charge in [0.1, 0.15) is 5.82 Å². The molecule has 110 valence electrons. The van der Waals surface area contributed by atoms with Crippen molar-refractivity contribution in [2.45, 2.75) is 58.6 Å². The molecule has 2 aromatic rings. The predicted molar refractivity (Wildman–Crippen MR) is 84.2 cm³/mol. The van der Waals surface area contributed by atoms with E-state index in [1.54, 1.807) is 11.3 Å². The lowest BCUT2D eigenvalue weighted by Crippen LogP contribution is -2.09. The maximum Gasteiger partial charge on any atom is 0.111 e. The van der Waals surface area contributed by atoms with Gasteiger partial charge >= 0.3 is 0 Å². The summed E-state index contributed by atoms with van der Waals surface area (Å²) in [5.74, 6) is 0.963. The van der Waals surface area contributed by atoms with Crippen molar-refractivity contribution in [2.75, 3.05) is 0 Å². The Kier molecular flexibility index (Phi) is 4.66. The van der Waals surface area contributed by atoms with Crippen LogP contribution in [0.25, 0.3) is 0 Å². The molecule has 0 fully saturated rings. The number of nitrogens with zero attached hydrogens (tertiary/aromatic N) is 2. The maximum absolute atomic E-state index is 10.4. The van der Waals surface area contributed by atoms with Crippen molar-refractivity contribution in [1.82, 2.24) is 9.55 Å². The molecule has 0 saturated carbocycles. The summed E-state index contributed by atoms with van der Waals surface area (Å²) >= 11 is 1.70. The normalized spacial score (nSPS) is 13.7. The Morgan fingerprint density at radius 2 is 2.10 bits per heavy atom. The Labute approximate surface area is 125 Å². The van der Waals surface area contributed by atoms with Crippen molar-refractivity contribution in [2.24, 2.45) is 0 Å². The van der Waals surface area contributed by atoms with Crippen LogP contribution in [-0.4, -0.2) is 14.7 Å². The van der Waals surface area contributed by atoms with Crippen LogP contribution in [-0.2, 0) is 18.4 Å². The lowest BCUT2D eigenvalue weighted by atomic mass is 9.95. The predicted octanol–water partition coefficient (Wildman–Crippen LogP) is 3.93. The molecule has 0 aliphatic heterocycles. The number of aliphatic hydroxyl groups is 1. The number of rotatable bonds is 5. The summed E-state index contributed by atoms with van der Waals surface area (Å²) < 4.78 is 2.13. The van der Waals surface area contributed by atoms with Crippen LogP contribution < -0.4 is 0 Å². The SMILES string of the molecule is CCCn1ccnc1CC(O)c1ccc(C(C)(C)C)s1. The number of hydrogen-bond acceptors (Lipinski definition) is 3. The first kappa shape index (κ1) is 15.3. The van der Waals surface area contributed by atoms with E-state index in [1.165, 1.54) is 4.88 Å². The van der Waals surface area contributed by atoms with Crippen LogP contribution in [0.1, 0.15) is 55.8 Å². The summed E-state index contributed by atoms with van der Waals surface area (Å²) in [7, 11) is 0. The molecule has 0 spiro atoms. The van der Waals surface area contributed by atoms with E-state index in [1.807, 2.05) is 18.5 Å². The van der Waals surface area contributed by atoms with Gasteiger partial charge < -0.3 is 9.67 Å². The molecule has 1 unspecified atom stereocenters. The highest BCUT2D eigenvalue weighted by atomic mass is 32.1. The average molecular weight is 292 g/mol. The molecule has 0 aliphatic carbocycles. The molecule has 0 bridgehead atoms. The minimum Gasteiger partial charge on any atom is -0.387 e. The third-order valence-corrected chi connectivity index (χ3v) is 4.95. The smallest absolute Gasteiger partial charge is 0.111 e. The lowest BCUT2D eigenvalue weighted by molar-refractivity contribution is 0.178. The zero-order valence-electron chi connectivity index (χ0n) is 12.8. The standard InChI is InChI=1S/C16H24N2OS/c1-5-9-18-10-8-17-15(18)11-12(19)13-6-7-14(20-13)16(2,3)4/h6-8,10,12,19H,5,9,11H2,1-4H3. The van der Waals surface area contributed by atoms with Crippen molar-refractivity contribution < 1.29 is 5.11 Å². The minimum atomic E-state index is -0.464. The van der Waals surface area contributed by atoms with Gasteiger partial charge in [-0.25, -0.2) is 4.98 Å². The van der Waals surface area contributed by atoms with Gasteiger partial charge in [0.05, 0.1) is 6.10 Å². The van der Waals surface area contributed by atoms with Gasteiger partial charge in [0, 0.05) is 35.1 Å². The van der Waals surface area contributed by atoms with Crippen molar-refractivity contribution in [3.05, 3.63) is 40.1 Å². The second-order valence-electron chi connectivity index (χ2n) is 6.21. The average Bonchev–Trinajstić information content (AvgIpc) is 2.98. The number of aryl methyl sites for hydroxylation is 1. The molecule has 1 N–H and O–H groups in total. The monoisotopic (exact) mass is 292 g/mol. The van der Waals surface area contributed by atoms with Crippen LogP contribution >= 0.6 is 11.3 Å². The Morgan fingerprint density at radius 1 is 1.35 bits per heavy atom. The van der Waals surface area contributed by atoms with Crippen LogP contribution in [0.15, 0.2) is 24.5 Å². The van der Waals surface area contributed by atoms with Crippen LogP contribution in [0.3, 0.4) is 0 Å². The number of hydrogen-bond donors (Lipinski definition) is 1. The van der Waals surface area contributed by atoms with Gasteiger partial charge in [-0.3, -0.25) is 0 Å². The van der Waals surface area contributed by atoms with Gasteiger partial charge in [-0.2, -0.15) is 0 Å². The molecule has 4 heteroatoms. The van der Waals surface area contributed by atoms with Crippen molar-refractivity contribution in [1.29, 1.82) is 0 Å². The summed E-state index contributed by atoms with van der Waals surface area (Å²) in [6.45, 7) is 9.70. The molecule has 0 amide bonds. The third-order valence-electron chi connectivity index (χ3n) is 3.34. The molecule has 0 radical (unpaired) electrons. The second-order valence-corrected chi connectivity index (χ2v) is 7.32. The summed E-state index contributed by atoms with van der Waals surface area (Å²) in [5, 5.41) is 10.4. The van der Waals surface area contributed by atoms with Gasteiger partial charge in [0.25, 0.3) is 0 Å². The summed E-state index contributed by atoms with van der Waals surface area (Å²) in [5.41, 5.74) is 0.142. The quantitative estimate of drug-likeness (QED) is 0.906. The zero-order valence-corrected chi connectivity index (χ0v) is 13.6. The van der Waals surface area contributed by atoms with Crippen molar-refractivity contribution >= 4 is 11.3 Å². The van der Waals surface area contributed by atoms with Crippen LogP contribution in [0.5, 0.6) is 0 Å². The van der Waals surface area contributed by atoms with E-state index in [4.69, 9.17) is 0 Å². The first-order valence-electron chi connectivity index (χ1n) is 7.20. The molecule has 0 aromatic carbocycles. The van der Waals surface area contributed by atoms with Gasteiger partial charge in [-0.1, -0.05) is 27.7 Å². The molecular formula is C16H24N2OS. The first-order valence-corrected chi connectivity index (χ1v) is 8.01. The topological polar surface area (TPSA) is 38.0 Å². The molecule has 2 rings (SSSR count). The second kappa shape index (κ2) is 6.10. The van der Waals surface area contributed by atoms with E-state index in [9.17, 15) is 5.11 Å². The summed E-state index contributed by atoms with van der Waals surface area (Å²) in [6, 6.07) is 4.17. The molecule has 1 atom stereocenters. The largest absolute Gasteiger partial charge is 0.387 e. The lowest BCUT2D eigenvalue weighted by Gasteiger charge is -2.15. The number of aromatic nitrogens is 2. The maximum atomic E-state index is 10.4. The highest BCUT2D eigenvalue weighted by Gasteiger charge is 2.19. The van der Waals surface area contributed by atoms with E-state index < -0.39 is 6.10 Å². The molecular weight excluding hydrogens is 268 g/mol. The fourth-order valence-corrected chi connectivity index (χ4v) is 3.23. The van der Waals surface area contributed by atoms with Gasteiger partial charge in [-0.05, 0) is 24.0 Å². The third kappa shape index (κ3) is 3.49. The summed E-state index contributed by atoms with van der Waals surface area (Å²) in [4.78, 5) is 6.70. The zero-order chi connectivity index (χ0) is 14.8. The fourth-order valence-electron chi connectivity index (χ4n) is 2.18. The minimum absolute atomic E-state index is 0.142. The molecule has 3 nitrogen and oxygen atoms in total. The van der Waals surface area contributed by atoms with Gasteiger partial charge in [0.15, 0.2) is 0 Å². The molecule has 20 heavy (non-hydrogen) atoms. The van der Waals surface area contributed by atoms with Crippen molar-refractivity contribution in [3.63, 3.8) is 0 Å². The Hall–Kier alpha value is -1.13. The van der Waals surface area contributed by atoms with Crippen LogP contribution in [0, 0.1) is 0 Å². The van der Waals surface area contributed by atoms with E-state index in [-0.39, 0.29) is 5.41 Å². The van der Waals surface area contributed by atoms with E-state index >= 15 is 0 Å². The Bertz CT molecular complexity index is 551. The van der Waals surface area contributed by atoms with Gasteiger partial charge in [0.2, 0.25) is 0 Å². The Morgan fingerprint density at radius 3 is 2.70 bits per heavy atom.